The Hall–Kier alpha value is -2.10. The van der Waals surface area contributed by atoms with E-state index in [0.29, 0.717) is 6.54 Å². The molecule has 0 saturated heterocycles. The Bertz CT molecular complexity index is 409. The van der Waals surface area contributed by atoms with Crippen LogP contribution in [0.4, 0.5) is 0 Å². The molecule has 0 fully saturated rings. The molecule has 0 aliphatic heterocycles. The van der Waals surface area contributed by atoms with Gasteiger partial charge in [-0.1, -0.05) is 0 Å². The summed E-state index contributed by atoms with van der Waals surface area (Å²) in [6, 6.07) is 7.55. The largest absolute Gasteiger partial charge is 0.463 e. The molecule has 2 aromatic rings. The molecule has 0 amide bonds. The van der Waals surface area contributed by atoms with Crippen molar-refractivity contribution in [1.82, 2.24) is 10.4 Å². The standard InChI is InChI=1S/C11H11N3O/c1-2-11(15-7-1)9-14-13-8-10-3-5-12-6-4-10/h1-7,9,13H,8H2. The molecule has 0 aliphatic rings. The molecule has 15 heavy (non-hydrogen) atoms. The van der Waals surface area contributed by atoms with Crippen LogP contribution in [0, 0.1) is 0 Å². The number of aromatic nitrogens is 1. The summed E-state index contributed by atoms with van der Waals surface area (Å²) < 4.78 is 5.09. The van der Waals surface area contributed by atoms with Crippen LogP contribution < -0.4 is 5.43 Å². The van der Waals surface area contributed by atoms with Crippen molar-refractivity contribution in [2.24, 2.45) is 5.10 Å². The summed E-state index contributed by atoms with van der Waals surface area (Å²) in [7, 11) is 0. The van der Waals surface area contributed by atoms with E-state index in [-0.39, 0.29) is 0 Å². The molecular formula is C11H11N3O. The number of furan rings is 1. The van der Waals surface area contributed by atoms with Crippen LogP contribution in [0.3, 0.4) is 0 Å². The molecule has 2 rings (SSSR count). The monoisotopic (exact) mass is 201 g/mol. The Kier molecular flexibility index (Phi) is 3.12. The number of rotatable bonds is 4. The Morgan fingerprint density at radius 2 is 2.20 bits per heavy atom. The molecule has 0 unspecified atom stereocenters. The third-order valence-electron chi connectivity index (χ3n) is 1.86. The summed E-state index contributed by atoms with van der Waals surface area (Å²) in [5.41, 5.74) is 4.06. The van der Waals surface area contributed by atoms with Crippen molar-refractivity contribution < 1.29 is 4.42 Å². The number of hydrogen-bond donors (Lipinski definition) is 1. The normalized spacial score (nSPS) is 10.7. The maximum Gasteiger partial charge on any atom is 0.146 e. The topological polar surface area (TPSA) is 50.4 Å². The van der Waals surface area contributed by atoms with Gasteiger partial charge in [-0.15, -0.1) is 0 Å². The predicted octanol–water partition coefficient (Wildman–Crippen LogP) is 1.80. The van der Waals surface area contributed by atoms with E-state index in [0.717, 1.165) is 11.3 Å². The molecule has 76 valence electrons. The molecule has 2 heterocycles. The Morgan fingerprint density at radius 1 is 1.33 bits per heavy atom. The smallest absolute Gasteiger partial charge is 0.146 e. The number of hydrogen-bond acceptors (Lipinski definition) is 4. The van der Waals surface area contributed by atoms with Crippen molar-refractivity contribution >= 4 is 6.21 Å². The van der Waals surface area contributed by atoms with E-state index in [1.807, 2.05) is 24.3 Å². The van der Waals surface area contributed by atoms with Gasteiger partial charge in [0.2, 0.25) is 0 Å². The van der Waals surface area contributed by atoms with Crippen molar-refractivity contribution in [3.8, 4) is 0 Å². The number of hydrazone groups is 1. The summed E-state index contributed by atoms with van der Waals surface area (Å²) in [5.74, 6) is 0.734. The molecule has 0 aliphatic carbocycles. The van der Waals surface area contributed by atoms with Gasteiger partial charge in [-0.05, 0) is 29.8 Å². The molecule has 0 radical (unpaired) electrons. The lowest BCUT2D eigenvalue weighted by molar-refractivity contribution is 0.559. The molecule has 4 nitrogen and oxygen atoms in total. The van der Waals surface area contributed by atoms with E-state index in [9.17, 15) is 0 Å². The fraction of sp³-hybridized carbons (Fsp3) is 0.0909. The van der Waals surface area contributed by atoms with Crippen molar-refractivity contribution in [2.45, 2.75) is 6.54 Å². The van der Waals surface area contributed by atoms with Gasteiger partial charge in [-0.3, -0.25) is 4.98 Å². The summed E-state index contributed by atoms with van der Waals surface area (Å²) in [4.78, 5) is 3.93. The van der Waals surface area contributed by atoms with E-state index in [2.05, 4.69) is 15.5 Å². The lowest BCUT2D eigenvalue weighted by Gasteiger charge is -1.98. The van der Waals surface area contributed by atoms with Gasteiger partial charge in [0.15, 0.2) is 0 Å². The molecule has 0 saturated carbocycles. The van der Waals surface area contributed by atoms with Crippen LogP contribution in [0.15, 0.2) is 52.4 Å². The Balaban J connectivity index is 1.80. The van der Waals surface area contributed by atoms with Crippen LogP contribution >= 0.6 is 0 Å². The molecule has 0 spiro atoms. The van der Waals surface area contributed by atoms with Gasteiger partial charge in [0.1, 0.15) is 5.76 Å². The van der Waals surface area contributed by atoms with Crippen LogP contribution in [0.5, 0.6) is 0 Å². The van der Waals surface area contributed by atoms with Crippen LogP contribution in [0.25, 0.3) is 0 Å². The zero-order valence-electron chi connectivity index (χ0n) is 8.13. The fourth-order valence-corrected chi connectivity index (χ4v) is 1.11. The third kappa shape index (κ3) is 2.95. The van der Waals surface area contributed by atoms with E-state index < -0.39 is 0 Å². The van der Waals surface area contributed by atoms with E-state index in [1.54, 1.807) is 24.9 Å². The quantitative estimate of drug-likeness (QED) is 0.606. The molecule has 1 N–H and O–H groups in total. The summed E-state index contributed by atoms with van der Waals surface area (Å²) >= 11 is 0. The van der Waals surface area contributed by atoms with Crippen LogP contribution in [0.1, 0.15) is 11.3 Å². The van der Waals surface area contributed by atoms with E-state index in [1.165, 1.54) is 0 Å². The first-order chi connectivity index (χ1) is 7.45. The van der Waals surface area contributed by atoms with Crippen LogP contribution in [-0.4, -0.2) is 11.2 Å². The number of nitrogens with one attached hydrogen (secondary N) is 1. The van der Waals surface area contributed by atoms with Crippen LogP contribution in [-0.2, 0) is 6.54 Å². The van der Waals surface area contributed by atoms with Gasteiger partial charge >= 0.3 is 0 Å². The summed E-state index contributed by atoms with van der Waals surface area (Å²) in [6.07, 6.45) is 6.77. The molecule has 4 heteroatoms. The second kappa shape index (κ2) is 4.95. The highest BCUT2D eigenvalue weighted by atomic mass is 16.3. The van der Waals surface area contributed by atoms with Gasteiger partial charge in [-0.2, -0.15) is 5.10 Å². The Labute approximate surface area is 87.6 Å². The van der Waals surface area contributed by atoms with Crippen molar-refractivity contribution in [3.05, 3.63) is 54.2 Å². The Morgan fingerprint density at radius 3 is 2.93 bits per heavy atom. The second-order valence-corrected chi connectivity index (χ2v) is 2.96. The molecule has 0 aromatic carbocycles. The number of pyridine rings is 1. The van der Waals surface area contributed by atoms with E-state index >= 15 is 0 Å². The van der Waals surface area contributed by atoms with Crippen molar-refractivity contribution in [2.75, 3.05) is 0 Å². The molecule has 0 atom stereocenters. The minimum Gasteiger partial charge on any atom is -0.463 e. The molecular weight excluding hydrogens is 190 g/mol. The third-order valence-corrected chi connectivity index (χ3v) is 1.86. The van der Waals surface area contributed by atoms with Crippen molar-refractivity contribution in [3.63, 3.8) is 0 Å². The zero-order chi connectivity index (χ0) is 10.3. The van der Waals surface area contributed by atoms with Crippen molar-refractivity contribution in [1.29, 1.82) is 0 Å². The first-order valence-electron chi connectivity index (χ1n) is 4.63. The lowest BCUT2D eigenvalue weighted by atomic mass is 10.3. The average Bonchev–Trinajstić information content (AvgIpc) is 2.79. The zero-order valence-corrected chi connectivity index (χ0v) is 8.13. The summed E-state index contributed by atoms with van der Waals surface area (Å²) in [6.45, 7) is 0.680. The molecule has 2 aromatic heterocycles. The minimum absolute atomic E-state index is 0.680. The molecule has 0 bridgehead atoms. The SMILES string of the molecule is C(=NNCc1ccncc1)c1ccco1. The van der Waals surface area contributed by atoms with Gasteiger partial charge in [0, 0.05) is 12.4 Å². The predicted molar refractivity (Wildman–Crippen MR) is 57.4 cm³/mol. The lowest BCUT2D eigenvalue weighted by Crippen LogP contribution is -2.05. The second-order valence-electron chi connectivity index (χ2n) is 2.96. The fourth-order valence-electron chi connectivity index (χ4n) is 1.11. The average molecular weight is 201 g/mol. The number of nitrogens with zero attached hydrogens (tertiary/aromatic N) is 2. The van der Waals surface area contributed by atoms with Gasteiger partial charge < -0.3 is 9.84 Å². The highest BCUT2D eigenvalue weighted by Gasteiger charge is 1.89. The maximum absolute atomic E-state index is 5.09. The highest BCUT2D eigenvalue weighted by Crippen LogP contribution is 1.96. The maximum atomic E-state index is 5.09. The van der Waals surface area contributed by atoms with Gasteiger partial charge in [0.25, 0.3) is 0 Å². The first kappa shape index (κ1) is 9.45. The van der Waals surface area contributed by atoms with Gasteiger partial charge in [0.05, 0.1) is 19.0 Å². The van der Waals surface area contributed by atoms with E-state index in [4.69, 9.17) is 4.42 Å². The minimum atomic E-state index is 0.680. The summed E-state index contributed by atoms with van der Waals surface area (Å²) in [5, 5.41) is 4.02. The highest BCUT2D eigenvalue weighted by molar-refractivity contribution is 5.75. The first-order valence-corrected chi connectivity index (χ1v) is 4.63. The van der Waals surface area contributed by atoms with Gasteiger partial charge in [-0.25, -0.2) is 0 Å². The van der Waals surface area contributed by atoms with Crippen LogP contribution in [0.2, 0.25) is 0 Å².